The molecule has 5 nitrogen and oxygen atoms in total. The molecule has 0 saturated heterocycles. The van der Waals surface area contributed by atoms with E-state index in [2.05, 4.69) is 108 Å². The summed E-state index contributed by atoms with van der Waals surface area (Å²) in [6.07, 6.45) is 16.5. The Kier molecular flexibility index (Phi) is 6.01. The van der Waals surface area contributed by atoms with Crippen molar-refractivity contribution in [2.24, 2.45) is 0 Å². The number of allylic oxidation sites excluding steroid dienone is 7. The third kappa shape index (κ3) is 4.09. The molecule has 0 saturated carbocycles. The summed E-state index contributed by atoms with van der Waals surface area (Å²) in [6.45, 7) is 0. The Hall–Kier alpha value is -6.30. The minimum absolute atomic E-state index is 0.0246. The summed E-state index contributed by atoms with van der Waals surface area (Å²) >= 11 is 0. The van der Waals surface area contributed by atoms with Crippen molar-refractivity contribution in [2.45, 2.75) is 37.7 Å². The molecule has 5 heteroatoms. The molecular weight excluding hydrogens is 603 g/mol. The SMILES string of the molecule is N#CC1=C(n2c3c(c4ccccc42)C=CCC3)C(c2ccc3oc4cc5c(cc4c3c2)OC2C=CC(c3ccccc3C#N)=CC52)=CCC1. The first-order chi connectivity index (χ1) is 24.2. The van der Waals surface area contributed by atoms with Crippen molar-refractivity contribution in [2.75, 3.05) is 0 Å². The Morgan fingerprint density at radius 2 is 1.67 bits per heavy atom. The number of hydrogen-bond donors (Lipinski definition) is 0. The van der Waals surface area contributed by atoms with Gasteiger partial charge < -0.3 is 13.7 Å². The predicted octanol–water partition coefficient (Wildman–Crippen LogP) is 10.5. The summed E-state index contributed by atoms with van der Waals surface area (Å²) in [7, 11) is 0. The van der Waals surface area contributed by atoms with Gasteiger partial charge in [-0.3, -0.25) is 0 Å². The van der Waals surface area contributed by atoms with Gasteiger partial charge in [-0.05, 0) is 84.9 Å². The molecule has 2 aromatic heterocycles. The zero-order chi connectivity index (χ0) is 32.6. The molecule has 10 rings (SSSR count). The van der Waals surface area contributed by atoms with E-state index in [-0.39, 0.29) is 12.0 Å². The van der Waals surface area contributed by atoms with Gasteiger partial charge in [0.05, 0.1) is 34.5 Å². The molecule has 3 aliphatic carbocycles. The smallest absolute Gasteiger partial charge is 0.135 e. The number of benzene rings is 4. The van der Waals surface area contributed by atoms with Gasteiger partial charge in [0.15, 0.2) is 0 Å². The van der Waals surface area contributed by atoms with Crippen LogP contribution in [0.3, 0.4) is 0 Å². The Balaban J connectivity index is 1.09. The van der Waals surface area contributed by atoms with E-state index in [9.17, 15) is 10.5 Å². The third-order valence-electron chi connectivity index (χ3n) is 10.6. The summed E-state index contributed by atoms with van der Waals surface area (Å²) in [4.78, 5) is 0. The summed E-state index contributed by atoms with van der Waals surface area (Å²) in [5, 5.41) is 23.4. The van der Waals surface area contributed by atoms with Crippen LogP contribution in [0.5, 0.6) is 5.75 Å². The molecule has 2 atom stereocenters. The average Bonchev–Trinajstić information content (AvgIpc) is 3.81. The molecule has 0 N–H and O–H groups in total. The van der Waals surface area contributed by atoms with Crippen LogP contribution in [0, 0.1) is 22.7 Å². The van der Waals surface area contributed by atoms with Crippen molar-refractivity contribution in [1.29, 1.82) is 10.5 Å². The van der Waals surface area contributed by atoms with E-state index in [0.29, 0.717) is 5.56 Å². The van der Waals surface area contributed by atoms with Gasteiger partial charge >= 0.3 is 0 Å². The Morgan fingerprint density at radius 3 is 2.59 bits per heavy atom. The second-order valence-corrected chi connectivity index (χ2v) is 13.2. The van der Waals surface area contributed by atoms with E-state index in [1.54, 1.807) is 0 Å². The molecule has 4 aliphatic rings. The molecule has 0 amide bonds. The van der Waals surface area contributed by atoms with E-state index < -0.39 is 0 Å². The van der Waals surface area contributed by atoms with Gasteiger partial charge in [-0.15, -0.1) is 0 Å². The summed E-state index contributed by atoms with van der Waals surface area (Å²) in [6, 6.07) is 31.8. The van der Waals surface area contributed by atoms with Gasteiger partial charge in [0.25, 0.3) is 0 Å². The van der Waals surface area contributed by atoms with Crippen LogP contribution in [0.4, 0.5) is 0 Å². The van der Waals surface area contributed by atoms with Crippen LogP contribution in [-0.2, 0) is 6.42 Å². The monoisotopic (exact) mass is 631 g/mol. The van der Waals surface area contributed by atoms with Gasteiger partial charge in [-0.1, -0.05) is 72.8 Å². The lowest BCUT2D eigenvalue weighted by Gasteiger charge is -2.24. The van der Waals surface area contributed by atoms with Crippen molar-refractivity contribution >= 4 is 55.8 Å². The van der Waals surface area contributed by atoms with Crippen molar-refractivity contribution in [3.05, 3.63) is 148 Å². The van der Waals surface area contributed by atoms with Gasteiger partial charge in [0, 0.05) is 44.5 Å². The fourth-order valence-corrected chi connectivity index (χ4v) is 8.33. The molecule has 0 fully saturated rings. The van der Waals surface area contributed by atoms with Crippen LogP contribution in [-0.4, -0.2) is 10.7 Å². The number of para-hydroxylation sites is 1. The first-order valence-corrected chi connectivity index (χ1v) is 16.9. The van der Waals surface area contributed by atoms with Crippen LogP contribution in [0.2, 0.25) is 0 Å². The quantitative estimate of drug-likeness (QED) is 0.195. The summed E-state index contributed by atoms with van der Waals surface area (Å²) in [5.74, 6) is 0.880. The molecule has 0 radical (unpaired) electrons. The van der Waals surface area contributed by atoms with E-state index in [1.807, 2.05) is 24.3 Å². The highest BCUT2D eigenvalue weighted by Gasteiger charge is 2.35. The highest BCUT2D eigenvalue weighted by atomic mass is 16.5. The van der Waals surface area contributed by atoms with E-state index >= 15 is 0 Å². The van der Waals surface area contributed by atoms with Gasteiger partial charge in [0.1, 0.15) is 23.0 Å². The van der Waals surface area contributed by atoms with Crippen molar-refractivity contribution in [3.63, 3.8) is 0 Å². The van der Waals surface area contributed by atoms with Gasteiger partial charge in [-0.25, -0.2) is 0 Å². The topological polar surface area (TPSA) is 74.9 Å². The molecule has 0 bridgehead atoms. The summed E-state index contributed by atoms with van der Waals surface area (Å²) in [5.41, 5.74) is 13.0. The van der Waals surface area contributed by atoms with Crippen molar-refractivity contribution in [1.82, 2.24) is 4.57 Å². The molecule has 232 valence electrons. The highest BCUT2D eigenvalue weighted by molar-refractivity contribution is 6.11. The van der Waals surface area contributed by atoms with Crippen LogP contribution < -0.4 is 4.74 Å². The molecule has 4 aromatic carbocycles. The number of nitrogens with zero attached hydrogens (tertiary/aromatic N) is 3. The summed E-state index contributed by atoms with van der Waals surface area (Å²) < 4.78 is 15.4. The van der Waals surface area contributed by atoms with Gasteiger partial charge in [-0.2, -0.15) is 10.5 Å². The number of hydrogen-bond acceptors (Lipinski definition) is 4. The largest absolute Gasteiger partial charge is 0.485 e. The fraction of sp³-hybridized carbons (Fsp3) is 0.136. The Morgan fingerprint density at radius 1 is 0.796 bits per heavy atom. The minimum Gasteiger partial charge on any atom is -0.485 e. The lowest BCUT2D eigenvalue weighted by Crippen LogP contribution is -2.17. The molecule has 1 aliphatic heterocycles. The lowest BCUT2D eigenvalue weighted by molar-refractivity contribution is 0.269. The zero-order valence-electron chi connectivity index (χ0n) is 26.6. The van der Waals surface area contributed by atoms with Crippen molar-refractivity contribution < 1.29 is 9.15 Å². The standard InChI is InChI=1S/C44H29N3O2/c45-24-28-8-1-2-10-30(28)26-16-18-40-34(20-26)36-22-43-37(23-42(36)48-40)35-21-27(17-19-41(35)49-43)31-13-7-9-29(25-46)44(31)47-38-14-5-3-11-32(38)33-12-4-6-15-39(33)47/h1-5,8,10-14,16-23,34,40H,6-7,9,15H2. The molecule has 6 aromatic rings. The number of ether oxygens (including phenoxy) is 1. The first-order valence-electron chi connectivity index (χ1n) is 16.9. The van der Waals surface area contributed by atoms with E-state index in [1.165, 1.54) is 16.6 Å². The molecule has 3 heterocycles. The zero-order valence-corrected chi connectivity index (χ0v) is 26.6. The maximum Gasteiger partial charge on any atom is 0.135 e. The Labute approximate surface area is 283 Å². The molecule has 2 unspecified atom stereocenters. The van der Waals surface area contributed by atoms with Gasteiger partial charge in [0.2, 0.25) is 0 Å². The number of nitriles is 2. The normalized spacial score (nSPS) is 19.2. The average molecular weight is 632 g/mol. The second kappa shape index (κ2) is 10.6. The molecule has 49 heavy (non-hydrogen) atoms. The highest BCUT2D eigenvalue weighted by Crippen LogP contribution is 2.48. The number of aromatic nitrogens is 1. The second-order valence-electron chi connectivity index (χ2n) is 13.2. The predicted molar refractivity (Wildman–Crippen MR) is 194 cm³/mol. The maximum atomic E-state index is 10.5. The number of furan rings is 1. The van der Waals surface area contributed by atoms with Crippen LogP contribution in [0.1, 0.15) is 58.7 Å². The van der Waals surface area contributed by atoms with Crippen LogP contribution in [0.15, 0.2) is 119 Å². The maximum absolute atomic E-state index is 10.5. The molecule has 0 spiro atoms. The number of fused-ring (bicyclic) bond motifs is 9. The minimum atomic E-state index is -0.108. The third-order valence-corrected chi connectivity index (χ3v) is 10.6. The Bertz CT molecular complexity index is 2680. The van der Waals surface area contributed by atoms with Crippen molar-refractivity contribution in [3.8, 4) is 17.9 Å². The van der Waals surface area contributed by atoms with E-state index in [0.717, 1.165) is 98.0 Å². The lowest BCUT2D eigenvalue weighted by atomic mass is 9.85. The van der Waals surface area contributed by atoms with Crippen LogP contribution >= 0.6 is 0 Å². The van der Waals surface area contributed by atoms with Crippen LogP contribution in [0.25, 0.3) is 55.8 Å². The van der Waals surface area contributed by atoms with E-state index in [4.69, 9.17) is 9.15 Å². The molecular formula is C44H29N3O2. The fourth-order valence-electron chi connectivity index (χ4n) is 8.33. The first kappa shape index (κ1) is 27.8. The number of rotatable bonds is 3.